The Morgan fingerprint density at radius 3 is 2.65 bits per heavy atom. The number of hydrogen-bond acceptors (Lipinski definition) is 6. The van der Waals surface area contributed by atoms with Crippen LogP contribution in [-0.4, -0.2) is 9.91 Å². The van der Waals surface area contributed by atoms with Crippen molar-refractivity contribution < 1.29 is 18.8 Å². The van der Waals surface area contributed by atoms with Crippen molar-refractivity contribution in [3.63, 3.8) is 0 Å². The molecule has 0 fully saturated rings. The van der Waals surface area contributed by atoms with E-state index in [1.165, 1.54) is 11.3 Å². The Kier molecular flexibility index (Phi) is 5.65. The molecule has 0 spiro atoms. The zero-order chi connectivity index (χ0) is 18.5. The van der Waals surface area contributed by atoms with Gasteiger partial charge in [-0.2, -0.15) is 0 Å². The van der Waals surface area contributed by atoms with Gasteiger partial charge in [-0.25, -0.2) is 9.37 Å². The Balaban J connectivity index is 1.59. The van der Waals surface area contributed by atoms with E-state index >= 15 is 0 Å². The van der Waals surface area contributed by atoms with E-state index in [-0.39, 0.29) is 24.7 Å². The Morgan fingerprint density at radius 2 is 1.92 bits per heavy atom. The van der Waals surface area contributed by atoms with Gasteiger partial charge in [-0.1, -0.05) is 11.6 Å². The highest BCUT2D eigenvalue weighted by molar-refractivity contribution is 7.09. The molecule has 0 saturated heterocycles. The first kappa shape index (κ1) is 18.1. The summed E-state index contributed by atoms with van der Waals surface area (Å²) >= 11 is 7.18. The Morgan fingerprint density at radius 1 is 1.15 bits per heavy atom. The number of hydrogen-bond donors (Lipinski definition) is 0. The molecular weight excluding hydrogens is 383 g/mol. The molecule has 1 heterocycles. The molecule has 3 aromatic rings. The van der Waals surface area contributed by atoms with Crippen molar-refractivity contribution in [1.29, 1.82) is 0 Å². The second kappa shape index (κ2) is 8.11. The molecule has 0 bridgehead atoms. The van der Waals surface area contributed by atoms with E-state index in [2.05, 4.69) is 4.98 Å². The van der Waals surface area contributed by atoms with Gasteiger partial charge in [-0.3, -0.25) is 10.1 Å². The summed E-state index contributed by atoms with van der Waals surface area (Å²) in [4.78, 5) is 14.7. The van der Waals surface area contributed by atoms with Gasteiger partial charge >= 0.3 is 5.69 Å². The third-order valence-corrected chi connectivity index (χ3v) is 4.39. The van der Waals surface area contributed by atoms with E-state index in [4.69, 9.17) is 21.1 Å². The topological polar surface area (TPSA) is 74.5 Å². The van der Waals surface area contributed by atoms with Crippen LogP contribution in [0.1, 0.15) is 10.7 Å². The molecule has 0 atom stereocenters. The summed E-state index contributed by atoms with van der Waals surface area (Å²) < 4.78 is 24.2. The quantitative estimate of drug-likeness (QED) is 0.416. The van der Waals surface area contributed by atoms with Crippen molar-refractivity contribution in [3.05, 3.63) is 79.5 Å². The van der Waals surface area contributed by atoms with Gasteiger partial charge < -0.3 is 9.47 Å². The Hall–Kier alpha value is -2.71. The summed E-state index contributed by atoms with van der Waals surface area (Å²) in [6.45, 7) is 0.258. The fraction of sp³-hybridized carbons (Fsp3) is 0.118. The fourth-order valence-corrected chi connectivity index (χ4v) is 2.88. The summed E-state index contributed by atoms with van der Waals surface area (Å²) in [5.74, 6) is -0.0827. The van der Waals surface area contributed by atoms with Crippen molar-refractivity contribution in [1.82, 2.24) is 4.98 Å². The molecule has 0 aliphatic carbocycles. The number of benzene rings is 2. The highest BCUT2D eigenvalue weighted by atomic mass is 35.5. The van der Waals surface area contributed by atoms with Crippen LogP contribution < -0.4 is 9.47 Å². The van der Waals surface area contributed by atoms with Gasteiger partial charge in [0.15, 0.2) is 5.75 Å². The molecule has 0 amide bonds. The van der Waals surface area contributed by atoms with Crippen LogP contribution in [0, 0.1) is 15.9 Å². The fourth-order valence-electron chi connectivity index (χ4n) is 2.06. The number of rotatable bonds is 7. The van der Waals surface area contributed by atoms with Gasteiger partial charge in [0.2, 0.25) is 0 Å². The molecule has 2 aromatic carbocycles. The molecule has 0 aliphatic heterocycles. The molecule has 3 rings (SSSR count). The zero-order valence-electron chi connectivity index (χ0n) is 13.2. The molecule has 0 radical (unpaired) electrons. The first-order valence-corrected chi connectivity index (χ1v) is 8.65. The smallest absolute Gasteiger partial charge is 0.311 e. The maximum Gasteiger partial charge on any atom is 0.311 e. The minimum atomic E-state index is -0.624. The van der Waals surface area contributed by atoms with Crippen LogP contribution in [0.4, 0.5) is 10.1 Å². The van der Waals surface area contributed by atoms with E-state index in [0.717, 1.165) is 18.2 Å². The van der Waals surface area contributed by atoms with E-state index in [1.807, 2.05) is 0 Å². The van der Waals surface area contributed by atoms with Crippen LogP contribution >= 0.6 is 22.9 Å². The third-order valence-electron chi connectivity index (χ3n) is 3.27. The SMILES string of the molecule is O=[N+]([O-])c1ccc(F)cc1OCc1csc(COc2ccc(Cl)cc2)n1. The lowest BCUT2D eigenvalue weighted by Gasteiger charge is -2.05. The monoisotopic (exact) mass is 394 g/mol. The van der Waals surface area contributed by atoms with Crippen LogP contribution in [0.3, 0.4) is 0 Å². The number of nitro benzene ring substituents is 1. The lowest BCUT2D eigenvalue weighted by Crippen LogP contribution is -2.01. The second-order valence-corrected chi connectivity index (χ2v) is 6.51. The van der Waals surface area contributed by atoms with Crippen LogP contribution in [-0.2, 0) is 13.2 Å². The number of nitro groups is 1. The number of aromatic nitrogens is 1. The molecule has 1 aromatic heterocycles. The summed E-state index contributed by atoms with van der Waals surface area (Å²) in [7, 11) is 0. The Bertz CT molecular complexity index is 917. The number of nitrogens with zero attached hydrogens (tertiary/aromatic N) is 2. The van der Waals surface area contributed by atoms with Crippen molar-refractivity contribution in [2.24, 2.45) is 0 Å². The van der Waals surface area contributed by atoms with E-state index in [9.17, 15) is 14.5 Å². The molecule has 0 N–H and O–H groups in total. The molecule has 0 saturated carbocycles. The van der Waals surface area contributed by atoms with E-state index in [0.29, 0.717) is 21.5 Å². The van der Waals surface area contributed by atoms with Gasteiger partial charge in [0, 0.05) is 22.5 Å². The lowest BCUT2D eigenvalue weighted by molar-refractivity contribution is -0.386. The zero-order valence-corrected chi connectivity index (χ0v) is 14.8. The van der Waals surface area contributed by atoms with E-state index < -0.39 is 10.7 Å². The van der Waals surface area contributed by atoms with Crippen LogP contribution in [0.2, 0.25) is 5.02 Å². The van der Waals surface area contributed by atoms with Crippen molar-refractivity contribution in [3.8, 4) is 11.5 Å². The maximum absolute atomic E-state index is 13.3. The van der Waals surface area contributed by atoms with Gasteiger partial charge in [0.25, 0.3) is 0 Å². The predicted molar refractivity (Wildman–Crippen MR) is 95.3 cm³/mol. The highest BCUT2D eigenvalue weighted by Gasteiger charge is 2.16. The normalized spacial score (nSPS) is 10.5. The second-order valence-electron chi connectivity index (χ2n) is 5.13. The predicted octanol–water partition coefficient (Wildman–Crippen LogP) is 5.00. The number of ether oxygens (including phenoxy) is 2. The molecule has 0 aliphatic rings. The van der Waals surface area contributed by atoms with Gasteiger partial charge in [-0.15, -0.1) is 11.3 Å². The average molecular weight is 395 g/mol. The van der Waals surface area contributed by atoms with Crippen molar-refractivity contribution in [2.75, 3.05) is 0 Å². The maximum atomic E-state index is 13.3. The number of halogens is 2. The van der Waals surface area contributed by atoms with Crippen molar-refractivity contribution >= 4 is 28.6 Å². The standard InChI is InChI=1S/C17H12ClFN2O4S/c18-11-1-4-14(5-2-11)24-9-17-20-13(10-26-17)8-25-16-7-12(19)3-6-15(16)21(22)23/h1-7,10H,8-9H2. The molecule has 6 nitrogen and oxygen atoms in total. The highest BCUT2D eigenvalue weighted by Crippen LogP contribution is 2.28. The van der Waals surface area contributed by atoms with Crippen molar-refractivity contribution in [2.45, 2.75) is 13.2 Å². The minimum absolute atomic E-state index is 0.0122. The summed E-state index contributed by atoms with van der Waals surface area (Å²) in [5, 5.41) is 14.0. The molecule has 0 unspecified atom stereocenters. The van der Waals surface area contributed by atoms with Gasteiger partial charge in [0.05, 0.1) is 10.6 Å². The van der Waals surface area contributed by atoms with Gasteiger partial charge in [-0.05, 0) is 30.3 Å². The summed E-state index contributed by atoms with van der Waals surface area (Å²) in [6.07, 6.45) is 0. The largest absolute Gasteiger partial charge is 0.486 e. The minimum Gasteiger partial charge on any atom is -0.486 e. The summed E-state index contributed by atoms with van der Waals surface area (Å²) in [6, 6.07) is 10.0. The number of thiazole rings is 1. The molecule has 134 valence electrons. The van der Waals surface area contributed by atoms with Crippen LogP contribution in [0.5, 0.6) is 11.5 Å². The lowest BCUT2D eigenvalue weighted by atomic mass is 10.3. The molecule has 9 heteroatoms. The molecular formula is C17H12ClFN2O4S. The molecule has 26 heavy (non-hydrogen) atoms. The summed E-state index contributed by atoms with van der Waals surface area (Å²) in [5.41, 5.74) is 0.274. The third kappa shape index (κ3) is 4.68. The van der Waals surface area contributed by atoms with Crippen LogP contribution in [0.15, 0.2) is 47.8 Å². The van der Waals surface area contributed by atoms with E-state index in [1.54, 1.807) is 29.6 Å². The van der Waals surface area contributed by atoms with Crippen LogP contribution in [0.25, 0.3) is 0 Å². The Labute approximate surface area is 156 Å². The van der Waals surface area contributed by atoms with Gasteiger partial charge in [0.1, 0.15) is 29.8 Å². The first-order valence-electron chi connectivity index (χ1n) is 7.39. The average Bonchev–Trinajstić information content (AvgIpc) is 3.07. The first-order chi connectivity index (χ1) is 12.5.